The summed E-state index contributed by atoms with van der Waals surface area (Å²) in [6.07, 6.45) is 1.03. The summed E-state index contributed by atoms with van der Waals surface area (Å²) in [5, 5.41) is 2.88. The molecule has 0 aliphatic heterocycles. The highest BCUT2D eigenvalue weighted by atomic mass is 32.2. The zero-order valence-electron chi connectivity index (χ0n) is 17.7. The van der Waals surface area contributed by atoms with Gasteiger partial charge in [0.25, 0.3) is 0 Å². The van der Waals surface area contributed by atoms with Crippen molar-refractivity contribution in [3.63, 3.8) is 0 Å². The smallest absolute Gasteiger partial charge is 0.242 e. The third-order valence-electron chi connectivity index (χ3n) is 4.91. The van der Waals surface area contributed by atoms with Crippen LogP contribution in [0.3, 0.4) is 0 Å². The predicted octanol–water partition coefficient (Wildman–Crippen LogP) is 4.56. The van der Waals surface area contributed by atoms with Gasteiger partial charge in [-0.3, -0.25) is 9.59 Å². The summed E-state index contributed by atoms with van der Waals surface area (Å²) in [4.78, 5) is 27.5. The van der Waals surface area contributed by atoms with Gasteiger partial charge in [-0.1, -0.05) is 61.5 Å². The number of carbonyl (C=O) groups excluding carboxylic acids is 2. The Bertz CT molecular complexity index is 779. The third kappa shape index (κ3) is 7.24. The standard InChI is InChI=1S/C24H32N2O2S/c1-4-22(24(28)25-5-2)26(17-21-14-10-9-11-19(21)3)23(27)15-16-29-18-20-12-7-6-8-13-20/h6-14,22H,4-5,15-18H2,1-3H3,(H,25,28)/t22-/m1/s1. The lowest BCUT2D eigenvalue weighted by Crippen LogP contribution is -2.49. The lowest BCUT2D eigenvalue weighted by molar-refractivity contribution is -0.141. The van der Waals surface area contributed by atoms with E-state index >= 15 is 0 Å². The Labute approximate surface area is 179 Å². The molecule has 0 bridgehead atoms. The number of carbonyl (C=O) groups is 2. The first-order valence-electron chi connectivity index (χ1n) is 10.3. The summed E-state index contributed by atoms with van der Waals surface area (Å²) in [6.45, 7) is 6.93. The highest BCUT2D eigenvalue weighted by Gasteiger charge is 2.28. The molecule has 2 aromatic carbocycles. The zero-order chi connectivity index (χ0) is 21.1. The topological polar surface area (TPSA) is 49.4 Å². The average molecular weight is 413 g/mol. The molecule has 0 aliphatic rings. The zero-order valence-corrected chi connectivity index (χ0v) is 18.5. The largest absolute Gasteiger partial charge is 0.355 e. The number of aryl methyl sites for hydroxylation is 1. The van der Waals surface area contributed by atoms with Crippen molar-refractivity contribution in [3.8, 4) is 0 Å². The molecule has 0 aliphatic carbocycles. The number of rotatable bonds is 11. The Hall–Kier alpha value is -2.27. The van der Waals surface area contributed by atoms with Crippen molar-refractivity contribution in [2.24, 2.45) is 0 Å². The molecule has 0 saturated carbocycles. The van der Waals surface area contributed by atoms with E-state index in [2.05, 4.69) is 17.4 Å². The van der Waals surface area contributed by atoms with Gasteiger partial charge >= 0.3 is 0 Å². The second kappa shape index (κ2) is 12.3. The maximum Gasteiger partial charge on any atom is 0.242 e. The van der Waals surface area contributed by atoms with Gasteiger partial charge in [0.2, 0.25) is 11.8 Å². The minimum Gasteiger partial charge on any atom is -0.355 e. The summed E-state index contributed by atoms with van der Waals surface area (Å²) in [7, 11) is 0. The SMILES string of the molecule is CCNC(=O)[C@@H](CC)N(Cc1ccccc1C)C(=O)CCSCc1ccccc1. The molecule has 2 aromatic rings. The molecule has 1 atom stereocenters. The predicted molar refractivity (Wildman–Crippen MR) is 122 cm³/mol. The van der Waals surface area contributed by atoms with Crippen molar-refractivity contribution in [2.75, 3.05) is 12.3 Å². The van der Waals surface area contributed by atoms with Crippen LogP contribution in [0.25, 0.3) is 0 Å². The van der Waals surface area contributed by atoms with Crippen molar-refractivity contribution in [3.05, 3.63) is 71.3 Å². The summed E-state index contributed by atoms with van der Waals surface area (Å²) in [6, 6.07) is 17.9. The minimum atomic E-state index is -0.443. The first-order chi connectivity index (χ1) is 14.1. The lowest BCUT2D eigenvalue weighted by atomic mass is 10.1. The van der Waals surface area contributed by atoms with Crippen LogP contribution >= 0.6 is 11.8 Å². The first kappa shape index (κ1) is 23.0. The van der Waals surface area contributed by atoms with Gasteiger partial charge in [0.05, 0.1) is 0 Å². The van der Waals surface area contributed by atoms with Crippen molar-refractivity contribution in [2.45, 2.75) is 52.0 Å². The number of hydrogen-bond donors (Lipinski definition) is 1. The van der Waals surface area contributed by atoms with Gasteiger partial charge in [-0.15, -0.1) is 0 Å². The molecule has 29 heavy (non-hydrogen) atoms. The van der Waals surface area contributed by atoms with Crippen LogP contribution in [0.4, 0.5) is 0 Å². The van der Waals surface area contributed by atoms with Crippen molar-refractivity contribution < 1.29 is 9.59 Å². The van der Waals surface area contributed by atoms with E-state index in [0.717, 1.165) is 22.6 Å². The fourth-order valence-corrected chi connectivity index (χ4v) is 4.14. The Kier molecular flexibility index (Phi) is 9.78. The quantitative estimate of drug-likeness (QED) is 0.550. The highest BCUT2D eigenvalue weighted by molar-refractivity contribution is 7.98. The molecule has 0 unspecified atom stereocenters. The number of thioether (sulfide) groups is 1. The molecular weight excluding hydrogens is 380 g/mol. The fraction of sp³-hybridized carbons (Fsp3) is 0.417. The van der Waals surface area contributed by atoms with Gasteiger partial charge in [-0.2, -0.15) is 11.8 Å². The number of benzene rings is 2. The Morgan fingerprint density at radius 1 is 1.03 bits per heavy atom. The second-order valence-electron chi connectivity index (χ2n) is 7.05. The van der Waals surface area contributed by atoms with E-state index in [1.165, 1.54) is 5.56 Å². The van der Waals surface area contributed by atoms with Crippen LogP contribution in [0.2, 0.25) is 0 Å². The summed E-state index contributed by atoms with van der Waals surface area (Å²) in [5.74, 6) is 1.59. The van der Waals surface area contributed by atoms with E-state index in [1.807, 2.05) is 63.2 Å². The number of likely N-dealkylation sites (N-methyl/N-ethyl adjacent to an activating group) is 1. The van der Waals surface area contributed by atoms with Crippen LogP contribution in [0, 0.1) is 6.92 Å². The van der Waals surface area contributed by atoms with Gasteiger partial charge in [0.1, 0.15) is 6.04 Å². The molecule has 156 valence electrons. The minimum absolute atomic E-state index is 0.0342. The summed E-state index contributed by atoms with van der Waals surface area (Å²) >= 11 is 1.75. The molecule has 2 amide bonds. The van der Waals surface area contributed by atoms with Crippen LogP contribution in [0.1, 0.15) is 43.4 Å². The normalized spacial score (nSPS) is 11.7. The number of hydrogen-bond acceptors (Lipinski definition) is 3. The third-order valence-corrected chi connectivity index (χ3v) is 5.94. The molecule has 0 aromatic heterocycles. The maximum atomic E-state index is 13.1. The number of amides is 2. The Morgan fingerprint density at radius 2 is 1.72 bits per heavy atom. The van der Waals surface area contributed by atoms with E-state index in [0.29, 0.717) is 25.9 Å². The van der Waals surface area contributed by atoms with E-state index in [1.54, 1.807) is 16.7 Å². The lowest BCUT2D eigenvalue weighted by Gasteiger charge is -2.31. The molecule has 5 heteroatoms. The first-order valence-corrected chi connectivity index (χ1v) is 11.5. The van der Waals surface area contributed by atoms with Crippen molar-refractivity contribution in [1.29, 1.82) is 0 Å². The Balaban J connectivity index is 2.05. The van der Waals surface area contributed by atoms with E-state index in [-0.39, 0.29) is 11.8 Å². The van der Waals surface area contributed by atoms with Crippen LogP contribution in [-0.2, 0) is 21.9 Å². The molecule has 1 N–H and O–H groups in total. The van der Waals surface area contributed by atoms with Gasteiger partial charge in [0, 0.05) is 31.0 Å². The molecule has 4 nitrogen and oxygen atoms in total. The summed E-state index contributed by atoms with van der Waals surface area (Å²) < 4.78 is 0. The van der Waals surface area contributed by atoms with Gasteiger partial charge in [-0.25, -0.2) is 0 Å². The van der Waals surface area contributed by atoms with E-state index in [4.69, 9.17) is 0 Å². The highest BCUT2D eigenvalue weighted by Crippen LogP contribution is 2.18. The van der Waals surface area contributed by atoms with E-state index < -0.39 is 6.04 Å². The molecule has 2 rings (SSSR count). The molecule has 0 saturated heterocycles. The summed E-state index contributed by atoms with van der Waals surface area (Å²) in [5.41, 5.74) is 3.48. The van der Waals surface area contributed by atoms with Crippen LogP contribution in [0.15, 0.2) is 54.6 Å². The van der Waals surface area contributed by atoms with Crippen molar-refractivity contribution in [1.82, 2.24) is 10.2 Å². The molecule has 0 fully saturated rings. The molecule has 0 spiro atoms. The van der Waals surface area contributed by atoms with Crippen LogP contribution < -0.4 is 5.32 Å². The monoisotopic (exact) mass is 412 g/mol. The number of nitrogens with zero attached hydrogens (tertiary/aromatic N) is 1. The maximum absolute atomic E-state index is 13.1. The molecule has 0 radical (unpaired) electrons. The van der Waals surface area contributed by atoms with Crippen LogP contribution in [0.5, 0.6) is 0 Å². The van der Waals surface area contributed by atoms with Gasteiger partial charge in [0.15, 0.2) is 0 Å². The average Bonchev–Trinajstić information content (AvgIpc) is 2.73. The van der Waals surface area contributed by atoms with Gasteiger partial charge < -0.3 is 10.2 Å². The second-order valence-corrected chi connectivity index (χ2v) is 8.16. The van der Waals surface area contributed by atoms with Crippen molar-refractivity contribution >= 4 is 23.6 Å². The number of nitrogens with one attached hydrogen (secondary N) is 1. The molecular formula is C24H32N2O2S. The van der Waals surface area contributed by atoms with E-state index in [9.17, 15) is 9.59 Å². The van der Waals surface area contributed by atoms with Crippen LogP contribution in [-0.4, -0.2) is 35.1 Å². The van der Waals surface area contributed by atoms with Gasteiger partial charge in [-0.05, 0) is 37.0 Å². The Morgan fingerprint density at radius 3 is 2.38 bits per heavy atom. The fourth-order valence-electron chi connectivity index (χ4n) is 3.25. The molecule has 0 heterocycles.